The van der Waals surface area contributed by atoms with Gasteiger partial charge in [0.15, 0.2) is 5.82 Å². The van der Waals surface area contributed by atoms with Crippen LogP contribution in [0.3, 0.4) is 0 Å². The van der Waals surface area contributed by atoms with Gasteiger partial charge in [-0.05, 0) is 65.9 Å². The molecule has 0 aromatic carbocycles. The van der Waals surface area contributed by atoms with Crippen LogP contribution in [0.5, 0.6) is 0 Å². The van der Waals surface area contributed by atoms with Crippen LogP contribution in [0.15, 0.2) is 18.5 Å². The van der Waals surface area contributed by atoms with E-state index in [-0.39, 0.29) is 23.9 Å². The molecule has 1 aliphatic rings. The number of aryl methyl sites for hydroxylation is 1. The summed E-state index contributed by atoms with van der Waals surface area (Å²) in [7, 11) is 0. The lowest BCUT2D eigenvalue weighted by molar-refractivity contribution is -0.146. The third-order valence-corrected chi connectivity index (χ3v) is 5.59. The summed E-state index contributed by atoms with van der Waals surface area (Å²) in [6.45, 7) is 16.8. The quantitative estimate of drug-likeness (QED) is 0.432. The van der Waals surface area contributed by atoms with E-state index < -0.39 is 17.4 Å². The first-order chi connectivity index (χ1) is 16.1. The fourth-order valence-corrected chi connectivity index (χ4v) is 3.77. The van der Waals surface area contributed by atoms with Crippen LogP contribution in [-0.2, 0) is 16.0 Å². The van der Waals surface area contributed by atoms with E-state index in [1.165, 1.54) is 6.20 Å². The second kappa shape index (κ2) is 11.4. The molecule has 2 aromatic rings. The molecule has 3 heterocycles. The lowest BCUT2D eigenvalue weighted by atomic mass is 9.82. The molecule has 194 valence electrons. The second-order valence-electron chi connectivity index (χ2n) is 11.1. The van der Waals surface area contributed by atoms with Crippen molar-refractivity contribution < 1.29 is 23.4 Å². The molecular formula is C27H39F2N3O3. The standard InChI is InChI=1S/C23H29F2N3O2.C4H10O/c1-14(2)30-20(29)11-17-15(3)26-13-18(16-10-19(24)22(25)27-12-16)21(17)28-8-6-23(4,5)7-9-28;1-4(2,3)5/h10,12-14H,6-9,11H2,1-5H3;5H,1-3H3. The van der Waals surface area contributed by atoms with Crippen molar-refractivity contribution in [1.82, 2.24) is 9.97 Å². The van der Waals surface area contributed by atoms with E-state index in [0.29, 0.717) is 11.1 Å². The van der Waals surface area contributed by atoms with Crippen LogP contribution < -0.4 is 4.90 Å². The van der Waals surface area contributed by atoms with Crippen molar-refractivity contribution in [1.29, 1.82) is 0 Å². The average Bonchev–Trinajstić information content (AvgIpc) is 2.70. The first kappa shape index (κ1) is 28.6. The molecule has 35 heavy (non-hydrogen) atoms. The minimum Gasteiger partial charge on any atom is -0.463 e. The Bertz CT molecular complexity index is 1020. The number of nitrogens with zero attached hydrogens (tertiary/aromatic N) is 3. The Morgan fingerprint density at radius 2 is 1.74 bits per heavy atom. The van der Waals surface area contributed by atoms with Crippen LogP contribution in [0.25, 0.3) is 11.1 Å². The van der Waals surface area contributed by atoms with Gasteiger partial charge in [0.05, 0.1) is 23.8 Å². The van der Waals surface area contributed by atoms with Crippen molar-refractivity contribution in [2.24, 2.45) is 5.41 Å². The molecule has 0 aliphatic carbocycles. The summed E-state index contributed by atoms with van der Waals surface area (Å²) in [5.41, 5.74) is 3.10. The number of piperidine rings is 1. The van der Waals surface area contributed by atoms with Crippen molar-refractivity contribution >= 4 is 11.7 Å². The molecule has 6 nitrogen and oxygen atoms in total. The van der Waals surface area contributed by atoms with Gasteiger partial charge in [0.25, 0.3) is 0 Å². The van der Waals surface area contributed by atoms with Gasteiger partial charge in [-0.25, -0.2) is 9.37 Å². The van der Waals surface area contributed by atoms with Crippen LogP contribution in [-0.4, -0.2) is 45.8 Å². The van der Waals surface area contributed by atoms with Gasteiger partial charge in [-0.3, -0.25) is 9.78 Å². The summed E-state index contributed by atoms with van der Waals surface area (Å²) in [5, 5.41) is 8.52. The van der Waals surface area contributed by atoms with E-state index in [0.717, 1.165) is 48.9 Å². The van der Waals surface area contributed by atoms with Gasteiger partial charge in [-0.1, -0.05) is 13.8 Å². The van der Waals surface area contributed by atoms with Gasteiger partial charge < -0.3 is 14.7 Å². The van der Waals surface area contributed by atoms with Crippen LogP contribution in [0.2, 0.25) is 0 Å². The maximum atomic E-state index is 13.9. The highest BCUT2D eigenvalue weighted by atomic mass is 19.2. The number of esters is 1. The molecular weight excluding hydrogens is 452 g/mol. The van der Waals surface area contributed by atoms with Crippen LogP contribution in [0.1, 0.15) is 72.6 Å². The monoisotopic (exact) mass is 491 g/mol. The summed E-state index contributed by atoms with van der Waals surface area (Å²) in [6, 6.07) is 1.13. The summed E-state index contributed by atoms with van der Waals surface area (Å²) in [4.78, 5) is 22.7. The number of carbonyl (C=O) groups is 1. The van der Waals surface area contributed by atoms with E-state index in [4.69, 9.17) is 9.84 Å². The summed E-state index contributed by atoms with van der Waals surface area (Å²) in [5.74, 6) is -2.49. The first-order valence-electron chi connectivity index (χ1n) is 12.0. The zero-order valence-corrected chi connectivity index (χ0v) is 22.2. The SMILES string of the molecule is CC(C)(C)O.Cc1ncc(-c2cnc(F)c(F)c2)c(N2CCC(C)(C)CC2)c1CC(=O)OC(C)C. The number of halogens is 2. The van der Waals surface area contributed by atoms with Crippen LogP contribution in [0, 0.1) is 24.1 Å². The molecule has 0 spiro atoms. The highest BCUT2D eigenvalue weighted by molar-refractivity contribution is 5.84. The third kappa shape index (κ3) is 8.84. The van der Waals surface area contributed by atoms with Crippen molar-refractivity contribution in [3.05, 3.63) is 41.5 Å². The maximum Gasteiger partial charge on any atom is 0.310 e. The minimum atomic E-state index is -1.14. The molecule has 0 bridgehead atoms. The Kier molecular flexibility index (Phi) is 9.34. The number of pyridine rings is 2. The normalized spacial score (nSPS) is 15.5. The Morgan fingerprint density at radius 3 is 2.26 bits per heavy atom. The van der Waals surface area contributed by atoms with Crippen LogP contribution >= 0.6 is 0 Å². The fraction of sp³-hybridized carbons (Fsp3) is 0.593. The Morgan fingerprint density at radius 1 is 1.17 bits per heavy atom. The number of ether oxygens (including phenoxy) is 1. The Labute approximate surface area is 207 Å². The highest BCUT2D eigenvalue weighted by Gasteiger charge is 2.30. The number of carbonyl (C=O) groups excluding carboxylic acids is 1. The molecule has 2 aromatic heterocycles. The van der Waals surface area contributed by atoms with Gasteiger partial charge in [-0.15, -0.1) is 0 Å². The largest absolute Gasteiger partial charge is 0.463 e. The third-order valence-electron chi connectivity index (χ3n) is 5.59. The predicted octanol–water partition coefficient (Wildman–Crippen LogP) is 5.63. The topological polar surface area (TPSA) is 75.6 Å². The lowest BCUT2D eigenvalue weighted by Crippen LogP contribution is -2.38. The Hall–Kier alpha value is -2.61. The van der Waals surface area contributed by atoms with Gasteiger partial charge in [-0.2, -0.15) is 4.39 Å². The molecule has 0 atom stereocenters. The van der Waals surface area contributed by atoms with Gasteiger partial charge >= 0.3 is 5.97 Å². The Balaban J connectivity index is 0.000000784. The van der Waals surface area contributed by atoms with Gasteiger partial charge in [0.1, 0.15) is 0 Å². The molecule has 1 saturated heterocycles. The molecule has 0 saturated carbocycles. The second-order valence-corrected chi connectivity index (χ2v) is 11.1. The number of rotatable bonds is 5. The number of hydrogen-bond acceptors (Lipinski definition) is 6. The van der Waals surface area contributed by atoms with Crippen molar-refractivity contribution in [2.75, 3.05) is 18.0 Å². The highest BCUT2D eigenvalue weighted by Crippen LogP contribution is 2.40. The zero-order valence-electron chi connectivity index (χ0n) is 22.2. The maximum absolute atomic E-state index is 13.9. The van der Waals surface area contributed by atoms with Crippen molar-refractivity contribution in [2.45, 2.75) is 86.4 Å². The first-order valence-corrected chi connectivity index (χ1v) is 12.0. The molecule has 8 heteroatoms. The van der Waals surface area contributed by atoms with Crippen molar-refractivity contribution in [3.63, 3.8) is 0 Å². The summed E-state index contributed by atoms with van der Waals surface area (Å²) in [6.07, 6.45) is 4.77. The van der Waals surface area contributed by atoms with Crippen molar-refractivity contribution in [3.8, 4) is 11.1 Å². The van der Waals surface area contributed by atoms with E-state index >= 15 is 0 Å². The minimum absolute atomic E-state index is 0.0667. The number of hydrogen-bond donors (Lipinski definition) is 1. The molecule has 3 rings (SSSR count). The van der Waals surface area contributed by atoms with E-state index in [2.05, 4.69) is 28.7 Å². The molecule has 0 amide bonds. The van der Waals surface area contributed by atoms with Gasteiger partial charge in [0.2, 0.25) is 5.95 Å². The fourth-order valence-electron chi connectivity index (χ4n) is 3.77. The molecule has 1 aliphatic heterocycles. The van der Waals surface area contributed by atoms with Crippen LogP contribution in [0.4, 0.5) is 14.5 Å². The van der Waals surface area contributed by atoms with E-state index in [9.17, 15) is 13.6 Å². The predicted molar refractivity (Wildman–Crippen MR) is 134 cm³/mol. The lowest BCUT2D eigenvalue weighted by Gasteiger charge is -2.40. The molecule has 1 fully saturated rings. The number of aliphatic hydroxyl groups is 1. The van der Waals surface area contributed by atoms with Gasteiger partial charge in [0, 0.05) is 47.9 Å². The summed E-state index contributed by atoms with van der Waals surface area (Å²) < 4.78 is 32.7. The average molecular weight is 492 g/mol. The summed E-state index contributed by atoms with van der Waals surface area (Å²) >= 11 is 0. The zero-order chi connectivity index (χ0) is 26.6. The molecule has 0 radical (unpaired) electrons. The van der Waals surface area contributed by atoms with E-state index in [1.807, 2.05) is 6.92 Å². The van der Waals surface area contributed by atoms with E-state index in [1.54, 1.807) is 40.8 Å². The molecule has 0 unspecified atom stereocenters. The number of anilines is 1. The number of aromatic nitrogens is 2. The molecule has 1 N–H and O–H groups in total. The smallest absolute Gasteiger partial charge is 0.310 e.